The van der Waals surface area contributed by atoms with E-state index in [0.717, 1.165) is 11.5 Å². The molecule has 7 heteroatoms. The van der Waals surface area contributed by atoms with E-state index in [1.54, 1.807) is 18.2 Å². The molecule has 0 bridgehead atoms. The van der Waals surface area contributed by atoms with Crippen molar-refractivity contribution in [1.29, 1.82) is 0 Å². The van der Waals surface area contributed by atoms with Crippen LogP contribution in [0.3, 0.4) is 0 Å². The normalized spacial score (nSPS) is 10.3. The van der Waals surface area contributed by atoms with Crippen molar-refractivity contribution in [2.75, 3.05) is 23.9 Å². The number of benzene rings is 1. The first-order valence-corrected chi connectivity index (χ1v) is 7.42. The summed E-state index contributed by atoms with van der Waals surface area (Å²) in [5.74, 6) is 1.43. The second-order valence-electron chi connectivity index (χ2n) is 3.66. The van der Waals surface area contributed by atoms with Crippen LogP contribution in [0.25, 0.3) is 0 Å². The zero-order chi connectivity index (χ0) is 13.8. The predicted octanol–water partition coefficient (Wildman–Crippen LogP) is 4.29. The lowest BCUT2D eigenvalue weighted by Crippen LogP contribution is -2.00. The lowest BCUT2D eigenvalue weighted by atomic mass is 10.3. The highest BCUT2D eigenvalue weighted by molar-refractivity contribution is 7.98. The van der Waals surface area contributed by atoms with Gasteiger partial charge in [-0.2, -0.15) is 0 Å². The lowest BCUT2D eigenvalue weighted by Gasteiger charge is -2.09. The summed E-state index contributed by atoms with van der Waals surface area (Å²) in [5.41, 5.74) is 0.783. The molecule has 0 aliphatic carbocycles. The van der Waals surface area contributed by atoms with Gasteiger partial charge in [-0.1, -0.05) is 35.0 Å². The van der Waals surface area contributed by atoms with Crippen LogP contribution in [0.15, 0.2) is 29.4 Å². The van der Waals surface area contributed by atoms with Crippen LogP contribution in [0.2, 0.25) is 10.0 Å². The molecule has 1 heterocycles. The predicted molar refractivity (Wildman–Crippen MR) is 83.1 cm³/mol. The molecule has 0 amide bonds. The quantitative estimate of drug-likeness (QED) is 0.651. The summed E-state index contributed by atoms with van der Waals surface area (Å²) in [7, 11) is 1.81. The number of thioether (sulfide) groups is 1. The summed E-state index contributed by atoms with van der Waals surface area (Å²) in [6.07, 6.45) is 1.93. The second kappa shape index (κ2) is 6.32. The molecule has 2 rings (SSSR count). The van der Waals surface area contributed by atoms with E-state index in [1.807, 2.05) is 19.4 Å². The van der Waals surface area contributed by atoms with E-state index in [1.165, 1.54) is 11.8 Å². The Balaban J connectivity index is 2.31. The Morgan fingerprint density at radius 1 is 1.00 bits per heavy atom. The molecule has 0 unspecified atom stereocenters. The minimum absolute atomic E-state index is 0.572. The Morgan fingerprint density at radius 3 is 2.21 bits per heavy atom. The maximum atomic E-state index is 5.96. The molecule has 0 atom stereocenters. The van der Waals surface area contributed by atoms with Crippen LogP contribution in [-0.4, -0.2) is 23.3 Å². The Kier molecular flexibility index (Phi) is 4.74. The molecular weight excluding hydrogens is 303 g/mol. The minimum atomic E-state index is 0.572. The van der Waals surface area contributed by atoms with Crippen LogP contribution in [0.1, 0.15) is 0 Å². The highest BCUT2D eigenvalue weighted by Gasteiger charge is 2.05. The molecule has 1 aromatic heterocycles. The first-order valence-electron chi connectivity index (χ1n) is 5.44. The van der Waals surface area contributed by atoms with Crippen molar-refractivity contribution in [3.8, 4) is 0 Å². The average molecular weight is 315 g/mol. The summed E-state index contributed by atoms with van der Waals surface area (Å²) in [5, 5.41) is 7.98. The zero-order valence-corrected chi connectivity index (χ0v) is 12.7. The van der Waals surface area contributed by atoms with Gasteiger partial charge in [-0.3, -0.25) is 0 Å². The summed E-state index contributed by atoms with van der Waals surface area (Å²) >= 11 is 13.4. The Bertz CT molecular complexity index is 549. The van der Waals surface area contributed by atoms with Crippen molar-refractivity contribution in [2.45, 2.75) is 5.16 Å². The molecule has 0 spiro atoms. The number of halogens is 2. The third kappa shape index (κ3) is 3.89. The average Bonchev–Trinajstić information content (AvgIpc) is 2.37. The van der Waals surface area contributed by atoms with Gasteiger partial charge >= 0.3 is 0 Å². The number of hydrogen-bond donors (Lipinski definition) is 2. The minimum Gasteiger partial charge on any atom is -0.373 e. The smallest absolute Gasteiger partial charge is 0.191 e. The summed E-state index contributed by atoms with van der Waals surface area (Å²) < 4.78 is 0. The van der Waals surface area contributed by atoms with E-state index in [9.17, 15) is 0 Å². The molecule has 0 aliphatic rings. The van der Waals surface area contributed by atoms with E-state index in [0.29, 0.717) is 21.0 Å². The third-order valence-corrected chi connectivity index (χ3v) is 3.26. The number of nitrogens with zero attached hydrogens (tertiary/aromatic N) is 2. The van der Waals surface area contributed by atoms with Crippen LogP contribution in [0.5, 0.6) is 0 Å². The van der Waals surface area contributed by atoms with E-state index >= 15 is 0 Å². The standard InChI is InChI=1S/C12H12Cl2N4S/c1-15-10-6-11(18-12(17-10)19-2)16-9-4-7(13)3-8(14)5-9/h3-6H,1-2H3,(H2,15,16,17,18). The Hall–Kier alpha value is -1.17. The topological polar surface area (TPSA) is 49.8 Å². The molecule has 0 aliphatic heterocycles. The molecule has 0 saturated carbocycles. The molecule has 4 nitrogen and oxygen atoms in total. The molecule has 0 radical (unpaired) electrons. The number of aromatic nitrogens is 2. The van der Waals surface area contributed by atoms with Gasteiger partial charge in [0.1, 0.15) is 11.6 Å². The highest BCUT2D eigenvalue weighted by atomic mass is 35.5. The molecule has 2 N–H and O–H groups in total. The summed E-state index contributed by atoms with van der Waals surface area (Å²) in [6.45, 7) is 0. The van der Waals surface area contributed by atoms with E-state index in [2.05, 4.69) is 20.6 Å². The first-order chi connectivity index (χ1) is 9.10. The third-order valence-electron chi connectivity index (χ3n) is 2.28. The van der Waals surface area contributed by atoms with E-state index < -0.39 is 0 Å². The van der Waals surface area contributed by atoms with Gasteiger partial charge < -0.3 is 10.6 Å². The van der Waals surface area contributed by atoms with Crippen molar-refractivity contribution in [3.63, 3.8) is 0 Å². The SMILES string of the molecule is CNc1cc(Nc2cc(Cl)cc(Cl)c2)nc(SC)n1. The van der Waals surface area contributed by atoms with Gasteiger partial charge in [0.25, 0.3) is 0 Å². The van der Waals surface area contributed by atoms with Gasteiger partial charge in [-0.15, -0.1) is 0 Å². The van der Waals surface area contributed by atoms with Gasteiger partial charge in [0, 0.05) is 28.8 Å². The zero-order valence-electron chi connectivity index (χ0n) is 10.4. The monoisotopic (exact) mass is 314 g/mol. The van der Waals surface area contributed by atoms with Gasteiger partial charge in [0.15, 0.2) is 5.16 Å². The Morgan fingerprint density at radius 2 is 1.63 bits per heavy atom. The first kappa shape index (κ1) is 14.2. The van der Waals surface area contributed by atoms with Crippen molar-refractivity contribution >= 4 is 52.3 Å². The fourth-order valence-electron chi connectivity index (χ4n) is 1.48. The van der Waals surface area contributed by atoms with Gasteiger partial charge in [0.2, 0.25) is 0 Å². The van der Waals surface area contributed by atoms with Crippen LogP contribution >= 0.6 is 35.0 Å². The molecule has 1 aromatic carbocycles. The molecule has 19 heavy (non-hydrogen) atoms. The molecule has 100 valence electrons. The van der Waals surface area contributed by atoms with Crippen molar-refractivity contribution in [3.05, 3.63) is 34.3 Å². The van der Waals surface area contributed by atoms with Crippen LogP contribution in [0.4, 0.5) is 17.3 Å². The van der Waals surface area contributed by atoms with Crippen LogP contribution in [0, 0.1) is 0 Å². The second-order valence-corrected chi connectivity index (χ2v) is 5.30. The van der Waals surface area contributed by atoms with E-state index in [4.69, 9.17) is 23.2 Å². The van der Waals surface area contributed by atoms with Gasteiger partial charge in [0.05, 0.1) is 0 Å². The summed E-state index contributed by atoms with van der Waals surface area (Å²) in [6, 6.07) is 7.07. The largest absolute Gasteiger partial charge is 0.373 e. The van der Waals surface area contributed by atoms with Crippen LogP contribution < -0.4 is 10.6 Å². The number of rotatable bonds is 4. The summed E-state index contributed by atoms with van der Waals surface area (Å²) in [4.78, 5) is 8.66. The number of nitrogens with one attached hydrogen (secondary N) is 2. The fourth-order valence-corrected chi connectivity index (χ4v) is 2.39. The fraction of sp³-hybridized carbons (Fsp3) is 0.167. The molecule has 2 aromatic rings. The number of anilines is 3. The van der Waals surface area contributed by atoms with E-state index in [-0.39, 0.29) is 0 Å². The molecule has 0 fully saturated rings. The Labute approximate surface area is 125 Å². The van der Waals surface area contributed by atoms with Gasteiger partial charge in [-0.05, 0) is 24.5 Å². The van der Waals surface area contributed by atoms with Crippen molar-refractivity contribution < 1.29 is 0 Å². The van der Waals surface area contributed by atoms with Crippen LogP contribution in [-0.2, 0) is 0 Å². The highest BCUT2D eigenvalue weighted by Crippen LogP contribution is 2.26. The van der Waals surface area contributed by atoms with Crippen molar-refractivity contribution in [1.82, 2.24) is 9.97 Å². The number of hydrogen-bond acceptors (Lipinski definition) is 5. The van der Waals surface area contributed by atoms with Gasteiger partial charge in [-0.25, -0.2) is 9.97 Å². The molecule has 0 saturated heterocycles. The molecular formula is C12H12Cl2N4S. The lowest BCUT2D eigenvalue weighted by molar-refractivity contribution is 0.977. The maximum Gasteiger partial charge on any atom is 0.191 e. The maximum absolute atomic E-state index is 5.96. The van der Waals surface area contributed by atoms with Crippen molar-refractivity contribution in [2.24, 2.45) is 0 Å².